The van der Waals surface area contributed by atoms with E-state index in [1.807, 2.05) is 17.8 Å². The van der Waals surface area contributed by atoms with E-state index < -0.39 is 0 Å². The number of rotatable bonds is 2. The Labute approximate surface area is 123 Å². The molecule has 2 atom stereocenters. The van der Waals surface area contributed by atoms with Gasteiger partial charge in [0.05, 0.1) is 6.04 Å². The van der Waals surface area contributed by atoms with Gasteiger partial charge < -0.3 is 4.74 Å². The molecule has 2 nitrogen and oxygen atoms in total. The van der Waals surface area contributed by atoms with Crippen LogP contribution in [0.15, 0.2) is 48.5 Å². The lowest BCUT2D eigenvalue weighted by Gasteiger charge is -2.28. The fourth-order valence-electron chi connectivity index (χ4n) is 3.06. The van der Waals surface area contributed by atoms with Crippen LogP contribution in [-0.2, 0) is 5.75 Å². The summed E-state index contributed by atoms with van der Waals surface area (Å²) in [4.78, 5) is 0. The number of nitrogens with one attached hydrogen (secondary N) is 1. The zero-order valence-electron chi connectivity index (χ0n) is 11.2. The van der Waals surface area contributed by atoms with Crippen LogP contribution in [-0.4, -0.2) is 12.4 Å². The van der Waals surface area contributed by atoms with Crippen molar-refractivity contribution in [3.8, 4) is 5.75 Å². The normalized spacial score (nSPS) is 23.8. The molecule has 0 saturated heterocycles. The highest BCUT2D eigenvalue weighted by atomic mass is 32.2. The van der Waals surface area contributed by atoms with Crippen LogP contribution in [0.3, 0.4) is 0 Å². The minimum Gasteiger partial charge on any atom is -0.491 e. The summed E-state index contributed by atoms with van der Waals surface area (Å²) in [7, 11) is 0. The second-order valence-electron chi connectivity index (χ2n) is 5.33. The lowest BCUT2D eigenvalue weighted by molar-refractivity contribution is 0.301. The molecule has 2 heterocycles. The first kappa shape index (κ1) is 12.3. The van der Waals surface area contributed by atoms with Crippen molar-refractivity contribution < 1.29 is 4.74 Å². The molecule has 102 valence electrons. The van der Waals surface area contributed by atoms with Crippen molar-refractivity contribution in [3.63, 3.8) is 0 Å². The van der Waals surface area contributed by atoms with E-state index in [9.17, 15) is 0 Å². The molecule has 0 spiro atoms. The van der Waals surface area contributed by atoms with Gasteiger partial charge in [-0.3, -0.25) is 5.32 Å². The number of fused-ring (bicyclic) bond motifs is 2. The van der Waals surface area contributed by atoms with Gasteiger partial charge in [0, 0.05) is 23.1 Å². The van der Waals surface area contributed by atoms with Gasteiger partial charge >= 0.3 is 0 Å². The van der Waals surface area contributed by atoms with Crippen LogP contribution in [0.2, 0.25) is 0 Å². The van der Waals surface area contributed by atoms with Crippen LogP contribution < -0.4 is 10.1 Å². The third-order valence-electron chi connectivity index (χ3n) is 4.07. The van der Waals surface area contributed by atoms with E-state index >= 15 is 0 Å². The summed E-state index contributed by atoms with van der Waals surface area (Å²) in [5.74, 6) is 3.30. The number of para-hydroxylation sites is 1. The van der Waals surface area contributed by atoms with Crippen molar-refractivity contribution in [3.05, 3.63) is 65.2 Å². The third-order valence-corrected chi connectivity index (χ3v) is 5.16. The van der Waals surface area contributed by atoms with Crippen LogP contribution in [0.5, 0.6) is 5.75 Å². The van der Waals surface area contributed by atoms with E-state index in [2.05, 4.69) is 47.8 Å². The van der Waals surface area contributed by atoms with Crippen LogP contribution in [0.1, 0.15) is 28.8 Å². The maximum atomic E-state index is 5.77. The highest BCUT2D eigenvalue weighted by Gasteiger charge is 2.28. The summed E-state index contributed by atoms with van der Waals surface area (Å²) in [5.41, 5.74) is 4.21. The molecular formula is C17H17NOS. The van der Waals surface area contributed by atoms with Crippen molar-refractivity contribution in [2.75, 3.05) is 12.4 Å². The number of hydrogen-bond donors (Lipinski definition) is 1. The number of ether oxygens (including phenoxy) is 1. The van der Waals surface area contributed by atoms with Crippen molar-refractivity contribution in [1.29, 1.82) is 0 Å². The summed E-state index contributed by atoms with van der Waals surface area (Å²) >= 11 is 2.01. The molecule has 4 rings (SSSR count). The van der Waals surface area contributed by atoms with Gasteiger partial charge in [0.2, 0.25) is 0 Å². The second-order valence-corrected chi connectivity index (χ2v) is 6.36. The molecule has 3 heteroatoms. The average molecular weight is 283 g/mol. The summed E-state index contributed by atoms with van der Waals surface area (Å²) < 4.78 is 5.77. The van der Waals surface area contributed by atoms with E-state index in [-0.39, 0.29) is 0 Å². The maximum absolute atomic E-state index is 5.77. The van der Waals surface area contributed by atoms with Crippen LogP contribution in [0.25, 0.3) is 0 Å². The summed E-state index contributed by atoms with van der Waals surface area (Å²) in [6.45, 7) is 0.739. The Morgan fingerprint density at radius 2 is 1.75 bits per heavy atom. The molecule has 0 radical (unpaired) electrons. The van der Waals surface area contributed by atoms with Gasteiger partial charge in [-0.2, -0.15) is 11.8 Å². The van der Waals surface area contributed by atoms with Gasteiger partial charge in [0.25, 0.3) is 0 Å². The van der Waals surface area contributed by atoms with Crippen LogP contribution in [0.4, 0.5) is 0 Å². The minimum absolute atomic E-state index is 0.308. The molecule has 2 aliphatic heterocycles. The van der Waals surface area contributed by atoms with Gasteiger partial charge in [-0.15, -0.1) is 0 Å². The lowest BCUT2D eigenvalue weighted by Crippen LogP contribution is -2.31. The minimum atomic E-state index is 0.308. The van der Waals surface area contributed by atoms with E-state index in [1.54, 1.807) is 0 Å². The molecule has 0 bridgehead atoms. The Morgan fingerprint density at radius 3 is 2.70 bits per heavy atom. The van der Waals surface area contributed by atoms with E-state index in [4.69, 9.17) is 4.74 Å². The van der Waals surface area contributed by atoms with Crippen molar-refractivity contribution in [1.82, 2.24) is 5.32 Å². The fourth-order valence-corrected chi connectivity index (χ4v) is 4.18. The molecule has 0 saturated carbocycles. The zero-order chi connectivity index (χ0) is 13.4. The first-order valence-corrected chi connectivity index (χ1v) is 8.20. The van der Waals surface area contributed by atoms with Crippen molar-refractivity contribution in [2.24, 2.45) is 0 Å². The van der Waals surface area contributed by atoms with Crippen LogP contribution >= 0.6 is 11.8 Å². The zero-order valence-corrected chi connectivity index (χ0v) is 12.0. The first-order valence-electron chi connectivity index (χ1n) is 7.05. The predicted molar refractivity (Wildman–Crippen MR) is 83.2 cm³/mol. The Morgan fingerprint density at radius 1 is 0.950 bits per heavy atom. The molecule has 2 aromatic carbocycles. The van der Waals surface area contributed by atoms with E-state index in [1.165, 1.54) is 16.7 Å². The number of thioether (sulfide) groups is 1. The molecule has 2 aromatic rings. The molecule has 0 amide bonds. The topological polar surface area (TPSA) is 21.3 Å². The van der Waals surface area contributed by atoms with Gasteiger partial charge in [0.15, 0.2) is 0 Å². The molecular weight excluding hydrogens is 266 g/mol. The smallest absolute Gasteiger partial charge is 0.124 e. The van der Waals surface area contributed by atoms with Gasteiger partial charge in [0.1, 0.15) is 12.4 Å². The molecule has 0 fully saturated rings. The third kappa shape index (κ3) is 2.11. The number of benzene rings is 2. The van der Waals surface area contributed by atoms with Gasteiger partial charge in [-0.25, -0.2) is 0 Å². The summed E-state index contributed by atoms with van der Waals surface area (Å²) in [6, 6.07) is 17.9. The standard InChI is InChI=1S/C17H17NOS/c1-2-6-13-12(5-1)10-20-11-16(13)18-15-9-19-17-8-4-3-7-14(15)17/h1-8,15-16,18H,9-11H2. The first-order chi connectivity index (χ1) is 9.92. The van der Waals surface area contributed by atoms with E-state index in [0.717, 1.165) is 23.9 Å². The number of hydrogen-bond acceptors (Lipinski definition) is 3. The molecule has 1 N–H and O–H groups in total. The van der Waals surface area contributed by atoms with Crippen molar-refractivity contribution >= 4 is 11.8 Å². The Kier molecular flexibility index (Phi) is 3.17. The molecule has 2 unspecified atom stereocenters. The Balaban J connectivity index is 1.59. The molecule has 20 heavy (non-hydrogen) atoms. The van der Waals surface area contributed by atoms with Gasteiger partial charge in [-0.05, 0) is 17.2 Å². The van der Waals surface area contributed by atoms with E-state index in [0.29, 0.717) is 12.1 Å². The second kappa shape index (κ2) is 5.15. The molecule has 0 aromatic heterocycles. The largest absolute Gasteiger partial charge is 0.491 e. The lowest BCUT2D eigenvalue weighted by atomic mass is 10.00. The van der Waals surface area contributed by atoms with Gasteiger partial charge in [-0.1, -0.05) is 42.5 Å². The van der Waals surface area contributed by atoms with Crippen molar-refractivity contribution in [2.45, 2.75) is 17.8 Å². The monoisotopic (exact) mass is 283 g/mol. The molecule has 2 aliphatic rings. The SMILES string of the molecule is c1ccc2c(c1)CSCC2NC1COc2ccccc21. The highest BCUT2D eigenvalue weighted by Crippen LogP contribution is 2.37. The highest BCUT2D eigenvalue weighted by molar-refractivity contribution is 7.98. The fraction of sp³-hybridized carbons (Fsp3) is 0.294. The Bertz CT molecular complexity index is 628. The Hall–Kier alpha value is -1.45. The molecule has 0 aliphatic carbocycles. The summed E-state index contributed by atoms with van der Waals surface area (Å²) in [6.07, 6.45) is 0. The van der Waals surface area contributed by atoms with Crippen LogP contribution in [0, 0.1) is 0 Å². The maximum Gasteiger partial charge on any atom is 0.124 e. The quantitative estimate of drug-likeness (QED) is 0.908. The average Bonchev–Trinajstić information content (AvgIpc) is 2.91. The predicted octanol–water partition coefficient (Wildman–Crippen LogP) is 3.70. The summed E-state index contributed by atoms with van der Waals surface area (Å²) in [5, 5.41) is 3.78.